The van der Waals surface area contributed by atoms with Gasteiger partial charge in [0, 0.05) is 33.8 Å². The molecule has 0 bridgehead atoms. The van der Waals surface area contributed by atoms with Crippen molar-refractivity contribution in [1.82, 2.24) is 20.2 Å². The molecule has 26 heavy (non-hydrogen) atoms. The Hall–Kier alpha value is -2.86. The van der Waals surface area contributed by atoms with Gasteiger partial charge in [0.2, 0.25) is 0 Å². The zero-order chi connectivity index (χ0) is 18.2. The van der Waals surface area contributed by atoms with Crippen molar-refractivity contribution in [3.8, 4) is 0 Å². The number of methoxy groups -OCH3 is 1. The first-order valence-electron chi connectivity index (χ1n) is 8.71. The Bertz CT molecular complexity index is 854. The number of guanidine groups is 1. The third kappa shape index (κ3) is 4.61. The lowest BCUT2D eigenvalue weighted by Crippen LogP contribution is -2.38. The van der Waals surface area contributed by atoms with Crippen LogP contribution in [-0.4, -0.2) is 42.8 Å². The molecule has 0 fully saturated rings. The molecule has 0 unspecified atom stereocenters. The molecule has 0 radical (unpaired) electrons. The molecule has 2 aromatic carbocycles. The van der Waals surface area contributed by atoms with Gasteiger partial charge in [-0.1, -0.05) is 36.4 Å². The summed E-state index contributed by atoms with van der Waals surface area (Å²) in [5.74, 6) is 0.774. The monoisotopic (exact) mass is 351 g/mol. The molecule has 1 heterocycles. The van der Waals surface area contributed by atoms with Crippen molar-refractivity contribution in [1.29, 1.82) is 0 Å². The van der Waals surface area contributed by atoms with Gasteiger partial charge in [-0.3, -0.25) is 4.99 Å². The smallest absolute Gasteiger partial charge is 0.191 e. The summed E-state index contributed by atoms with van der Waals surface area (Å²) in [6.45, 7) is 2.92. The van der Waals surface area contributed by atoms with E-state index in [9.17, 15) is 0 Å². The molecule has 0 saturated heterocycles. The molecule has 0 saturated carbocycles. The van der Waals surface area contributed by atoms with Gasteiger partial charge in [-0.25, -0.2) is 4.98 Å². The van der Waals surface area contributed by atoms with Gasteiger partial charge in [0.25, 0.3) is 0 Å². The van der Waals surface area contributed by atoms with Crippen molar-refractivity contribution in [2.24, 2.45) is 4.99 Å². The van der Waals surface area contributed by atoms with Crippen LogP contribution in [0.25, 0.3) is 11.0 Å². The molecule has 3 aromatic rings. The topological polar surface area (TPSA) is 63.5 Å². The van der Waals surface area contributed by atoms with Crippen molar-refractivity contribution in [2.45, 2.75) is 13.1 Å². The van der Waals surface area contributed by atoms with Crippen LogP contribution in [0.4, 0.5) is 0 Å². The first-order chi connectivity index (χ1) is 12.8. The van der Waals surface area contributed by atoms with Crippen molar-refractivity contribution >= 4 is 17.0 Å². The predicted molar refractivity (Wildman–Crippen MR) is 105 cm³/mol. The van der Waals surface area contributed by atoms with Crippen molar-refractivity contribution in [3.05, 3.63) is 66.0 Å². The number of benzene rings is 2. The zero-order valence-electron chi connectivity index (χ0n) is 15.3. The first-order valence-corrected chi connectivity index (χ1v) is 8.71. The summed E-state index contributed by atoms with van der Waals surface area (Å²) in [6, 6.07) is 16.8. The van der Waals surface area contributed by atoms with E-state index in [0.29, 0.717) is 6.61 Å². The number of aromatic nitrogens is 2. The average Bonchev–Trinajstić information content (AvgIpc) is 3.09. The largest absolute Gasteiger partial charge is 0.383 e. The Labute approximate surface area is 153 Å². The van der Waals surface area contributed by atoms with Gasteiger partial charge in [0.15, 0.2) is 5.96 Å². The highest BCUT2D eigenvalue weighted by Crippen LogP contribution is 2.14. The normalized spacial score (nSPS) is 11.7. The molecule has 0 aliphatic carbocycles. The van der Waals surface area contributed by atoms with Crippen LogP contribution in [0, 0.1) is 0 Å². The highest BCUT2D eigenvalue weighted by atomic mass is 16.5. The number of rotatable bonds is 7. The summed E-state index contributed by atoms with van der Waals surface area (Å²) in [4.78, 5) is 8.65. The minimum atomic E-state index is 0.651. The fourth-order valence-electron chi connectivity index (χ4n) is 2.77. The molecule has 6 nitrogen and oxygen atoms in total. The lowest BCUT2D eigenvalue weighted by Gasteiger charge is -2.12. The van der Waals surface area contributed by atoms with E-state index in [-0.39, 0.29) is 0 Å². The second kappa shape index (κ2) is 9.01. The Morgan fingerprint density at radius 3 is 2.62 bits per heavy atom. The third-order valence-electron chi connectivity index (χ3n) is 4.19. The van der Waals surface area contributed by atoms with Gasteiger partial charge in [0.05, 0.1) is 24.0 Å². The van der Waals surface area contributed by atoms with Gasteiger partial charge in [-0.15, -0.1) is 0 Å². The average molecular weight is 351 g/mol. The summed E-state index contributed by atoms with van der Waals surface area (Å²) in [6.07, 6.45) is 1.90. The fraction of sp³-hybridized carbons (Fsp3) is 0.300. The van der Waals surface area contributed by atoms with E-state index in [1.165, 1.54) is 11.1 Å². The Kier molecular flexibility index (Phi) is 6.22. The molecule has 2 N–H and O–H groups in total. The maximum Gasteiger partial charge on any atom is 0.191 e. The fourth-order valence-corrected chi connectivity index (χ4v) is 2.77. The van der Waals surface area contributed by atoms with Crippen molar-refractivity contribution < 1.29 is 4.74 Å². The number of hydrogen-bond acceptors (Lipinski definition) is 3. The molecule has 0 aliphatic rings. The van der Waals surface area contributed by atoms with Gasteiger partial charge in [-0.05, 0) is 23.3 Å². The summed E-state index contributed by atoms with van der Waals surface area (Å²) in [5.41, 5.74) is 4.64. The lowest BCUT2D eigenvalue weighted by atomic mass is 10.1. The van der Waals surface area contributed by atoms with E-state index < -0.39 is 0 Å². The summed E-state index contributed by atoms with van der Waals surface area (Å²) in [7, 11) is 3.45. The Morgan fingerprint density at radius 2 is 1.85 bits per heavy atom. The number of aliphatic imine (C=N–C) groups is 1. The second-order valence-corrected chi connectivity index (χ2v) is 6.02. The van der Waals surface area contributed by atoms with E-state index in [4.69, 9.17) is 4.74 Å². The number of nitrogens with one attached hydrogen (secondary N) is 2. The Balaban J connectivity index is 1.56. The van der Waals surface area contributed by atoms with Crippen LogP contribution < -0.4 is 10.6 Å². The zero-order valence-corrected chi connectivity index (χ0v) is 15.3. The third-order valence-corrected chi connectivity index (χ3v) is 4.19. The van der Waals surface area contributed by atoms with E-state index in [1.807, 2.05) is 24.5 Å². The minimum absolute atomic E-state index is 0.651. The first kappa shape index (κ1) is 17.9. The summed E-state index contributed by atoms with van der Waals surface area (Å²) < 4.78 is 7.20. The number of nitrogens with zero attached hydrogens (tertiary/aromatic N) is 3. The molecule has 3 rings (SSSR count). The molecule has 0 spiro atoms. The van der Waals surface area contributed by atoms with Gasteiger partial charge in [-0.2, -0.15) is 0 Å². The van der Waals surface area contributed by atoms with Gasteiger partial charge >= 0.3 is 0 Å². The van der Waals surface area contributed by atoms with Crippen LogP contribution in [0.3, 0.4) is 0 Å². The maximum atomic E-state index is 5.03. The van der Waals surface area contributed by atoms with E-state index >= 15 is 0 Å². The molecular weight excluding hydrogens is 326 g/mol. The lowest BCUT2D eigenvalue weighted by molar-refractivity contribution is 0.203. The van der Waals surface area contributed by atoms with E-state index in [2.05, 4.69) is 55.5 Å². The van der Waals surface area contributed by atoms with Crippen LogP contribution in [0.1, 0.15) is 11.1 Å². The number of ether oxygens (including phenoxy) is 1. The van der Waals surface area contributed by atoms with Gasteiger partial charge in [0.1, 0.15) is 0 Å². The van der Waals surface area contributed by atoms with Crippen LogP contribution in [0.5, 0.6) is 0 Å². The van der Waals surface area contributed by atoms with Crippen molar-refractivity contribution in [3.63, 3.8) is 0 Å². The standard InChI is InChI=1S/C20H25N5O/c1-21-20(22-11-12-26-2)23-13-16-7-9-17(10-8-16)14-25-15-24-18-5-3-4-6-19(18)25/h3-10,15H,11-14H2,1-2H3,(H2,21,22,23). The SMILES string of the molecule is CN=C(NCCOC)NCc1ccc(Cn2cnc3ccccc32)cc1. The van der Waals surface area contributed by atoms with Crippen molar-refractivity contribution in [2.75, 3.05) is 27.3 Å². The Morgan fingerprint density at radius 1 is 1.08 bits per heavy atom. The van der Waals surface area contributed by atoms with Crippen LogP contribution in [0.15, 0.2) is 59.9 Å². The second-order valence-electron chi connectivity index (χ2n) is 6.02. The van der Waals surface area contributed by atoms with Crippen LogP contribution in [0.2, 0.25) is 0 Å². The summed E-state index contributed by atoms with van der Waals surface area (Å²) >= 11 is 0. The maximum absolute atomic E-state index is 5.03. The van der Waals surface area contributed by atoms with E-state index in [1.54, 1.807) is 14.2 Å². The predicted octanol–water partition coefficient (Wildman–Crippen LogP) is 2.40. The molecule has 136 valence electrons. The number of para-hydroxylation sites is 2. The van der Waals surface area contributed by atoms with Gasteiger partial charge < -0.3 is 19.9 Å². The molecule has 1 aromatic heterocycles. The quantitative estimate of drug-likeness (QED) is 0.390. The number of fused-ring (bicyclic) bond motifs is 1. The molecule has 0 aliphatic heterocycles. The molecular formula is C20H25N5O. The highest BCUT2D eigenvalue weighted by molar-refractivity contribution is 5.79. The number of imidazole rings is 1. The molecule has 0 amide bonds. The minimum Gasteiger partial charge on any atom is -0.383 e. The van der Waals surface area contributed by atoms with Crippen LogP contribution >= 0.6 is 0 Å². The van der Waals surface area contributed by atoms with E-state index in [0.717, 1.165) is 36.6 Å². The molecule has 6 heteroatoms. The number of hydrogen-bond donors (Lipinski definition) is 2. The van der Waals surface area contributed by atoms with Crippen LogP contribution in [-0.2, 0) is 17.8 Å². The summed E-state index contributed by atoms with van der Waals surface area (Å²) in [5, 5.41) is 6.50. The highest BCUT2D eigenvalue weighted by Gasteiger charge is 2.03. The molecule has 0 atom stereocenters.